The molecule has 0 heterocycles. The lowest BCUT2D eigenvalue weighted by molar-refractivity contribution is -0.181. The predicted octanol–water partition coefficient (Wildman–Crippen LogP) is 3.23. The molecular formula is C10H10F4O. The summed E-state index contributed by atoms with van der Waals surface area (Å²) in [6.45, 7) is 0. The van der Waals surface area contributed by atoms with E-state index in [0.29, 0.717) is 5.56 Å². The molecule has 1 aromatic carbocycles. The number of halogens is 4. The van der Waals surface area contributed by atoms with E-state index in [2.05, 4.69) is 0 Å². The zero-order chi connectivity index (χ0) is 11.5. The van der Waals surface area contributed by atoms with Crippen LogP contribution in [0.15, 0.2) is 24.3 Å². The largest absolute Gasteiger partial charge is 0.508 e. The fourth-order valence-corrected chi connectivity index (χ4v) is 1.12. The van der Waals surface area contributed by atoms with Gasteiger partial charge in [-0.25, -0.2) is 4.39 Å². The molecule has 0 radical (unpaired) electrons. The molecule has 0 saturated carbocycles. The molecular weight excluding hydrogens is 212 g/mol. The van der Waals surface area contributed by atoms with Crippen molar-refractivity contribution in [3.8, 4) is 5.75 Å². The van der Waals surface area contributed by atoms with Gasteiger partial charge in [-0.15, -0.1) is 0 Å². The third-order valence-corrected chi connectivity index (χ3v) is 1.98. The van der Waals surface area contributed by atoms with Gasteiger partial charge in [-0.1, -0.05) is 12.1 Å². The number of hydrogen-bond acceptors (Lipinski definition) is 1. The molecule has 15 heavy (non-hydrogen) atoms. The van der Waals surface area contributed by atoms with Gasteiger partial charge >= 0.3 is 6.18 Å². The molecule has 0 spiro atoms. The van der Waals surface area contributed by atoms with Crippen LogP contribution in [0.1, 0.15) is 12.0 Å². The van der Waals surface area contributed by atoms with Crippen molar-refractivity contribution in [2.75, 3.05) is 0 Å². The monoisotopic (exact) mass is 222 g/mol. The summed E-state index contributed by atoms with van der Waals surface area (Å²) in [5.41, 5.74) is 0.569. The molecule has 84 valence electrons. The highest BCUT2D eigenvalue weighted by atomic mass is 19.4. The Kier molecular flexibility index (Phi) is 3.55. The van der Waals surface area contributed by atoms with Crippen molar-refractivity contribution in [1.82, 2.24) is 0 Å². The Balaban J connectivity index is 2.47. The maximum absolute atomic E-state index is 12.5. The minimum atomic E-state index is -4.78. The minimum absolute atomic E-state index is 0.000949. The van der Waals surface area contributed by atoms with E-state index in [1.807, 2.05) is 0 Å². The van der Waals surface area contributed by atoms with Crippen molar-refractivity contribution in [2.24, 2.45) is 0 Å². The van der Waals surface area contributed by atoms with Crippen LogP contribution in [-0.2, 0) is 6.42 Å². The van der Waals surface area contributed by atoms with Gasteiger partial charge in [-0.2, -0.15) is 13.2 Å². The van der Waals surface area contributed by atoms with Gasteiger partial charge in [0.05, 0.1) is 0 Å². The summed E-state index contributed by atoms with van der Waals surface area (Å²) in [6.07, 6.45) is -8.15. The second kappa shape index (κ2) is 4.51. The average Bonchev–Trinajstić information content (AvgIpc) is 2.15. The molecule has 5 heteroatoms. The summed E-state index contributed by atoms with van der Waals surface area (Å²) in [7, 11) is 0. The van der Waals surface area contributed by atoms with E-state index in [4.69, 9.17) is 5.11 Å². The molecule has 1 unspecified atom stereocenters. The molecule has 1 rings (SSSR count). The van der Waals surface area contributed by atoms with E-state index in [0.717, 1.165) is 0 Å². The molecule has 1 aromatic rings. The molecule has 0 aromatic heterocycles. The Labute approximate surface area is 84.3 Å². The van der Waals surface area contributed by atoms with Gasteiger partial charge in [0.1, 0.15) is 5.75 Å². The third kappa shape index (κ3) is 3.77. The predicted molar refractivity (Wildman–Crippen MR) is 47.4 cm³/mol. The van der Waals surface area contributed by atoms with Crippen LogP contribution in [0.5, 0.6) is 5.75 Å². The smallest absolute Gasteiger partial charge is 0.419 e. The maximum Gasteiger partial charge on any atom is 0.419 e. The zero-order valence-corrected chi connectivity index (χ0v) is 7.76. The van der Waals surface area contributed by atoms with Gasteiger partial charge in [0.2, 0.25) is 0 Å². The zero-order valence-electron chi connectivity index (χ0n) is 7.76. The van der Waals surface area contributed by atoms with Crippen molar-refractivity contribution >= 4 is 0 Å². The van der Waals surface area contributed by atoms with Crippen LogP contribution in [0.25, 0.3) is 0 Å². The third-order valence-electron chi connectivity index (χ3n) is 1.98. The lowest BCUT2D eigenvalue weighted by Gasteiger charge is -2.11. The van der Waals surface area contributed by atoms with E-state index in [1.54, 1.807) is 0 Å². The Morgan fingerprint density at radius 2 is 1.67 bits per heavy atom. The van der Waals surface area contributed by atoms with Crippen molar-refractivity contribution in [3.05, 3.63) is 29.8 Å². The van der Waals surface area contributed by atoms with Crippen LogP contribution < -0.4 is 0 Å². The first-order valence-electron chi connectivity index (χ1n) is 4.38. The van der Waals surface area contributed by atoms with Crippen LogP contribution >= 0.6 is 0 Å². The average molecular weight is 222 g/mol. The van der Waals surface area contributed by atoms with E-state index in [9.17, 15) is 17.6 Å². The number of phenolic OH excluding ortho intramolecular Hbond substituents is 1. The standard InChI is InChI=1S/C10H10F4O/c11-9(10(12,13)14)6-3-7-1-4-8(15)5-2-7/h1-2,4-5,9,15H,3,6H2. The van der Waals surface area contributed by atoms with Crippen molar-refractivity contribution in [1.29, 1.82) is 0 Å². The molecule has 1 nitrogen and oxygen atoms in total. The molecule has 1 atom stereocenters. The number of alkyl halides is 4. The lowest BCUT2D eigenvalue weighted by atomic mass is 10.1. The summed E-state index contributed by atoms with van der Waals surface area (Å²) in [4.78, 5) is 0. The van der Waals surface area contributed by atoms with Crippen molar-refractivity contribution in [3.63, 3.8) is 0 Å². The number of aromatic hydroxyl groups is 1. The van der Waals surface area contributed by atoms with Gasteiger partial charge in [0.15, 0.2) is 6.17 Å². The highest BCUT2D eigenvalue weighted by molar-refractivity contribution is 5.25. The maximum atomic E-state index is 12.5. The number of hydrogen-bond donors (Lipinski definition) is 1. The SMILES string of the molecule is Oc1ccc(CCC(F)C(F)(F)F)cc1. The molecule has 0 fully saturated rings. The minimum Gasteiger partial charge on any atom is -0.508 e. The fourth-order valence-electron chi connectivity index (χ4n) is 1.12. The van der Waals surface area contributed by atoms with Crippen LogP contribution in [-0.4, -0.2) is 17.5 Å². The Morgan fingerprint density at radius 1 is 1.13 bits per heavy atom. The van der Waals surface area contributed by atoms with E-state index in [-0.39, 0.29) is 12.2 Å². The normalized spacial score (nSPS) is 13.9. The first kappa shape index (κ1) is 11.8. The highest BCUT2D eigenvalue weighted by Crippen LogP contribution is 2.26. The molecule has 0 aliphatic heterocycles. The van der Waals surface area contributed by atoms with Gasteiger partial charge in [-0.05, 0) is 30.5 Å². The fraction of sp³-hybridized carbons (Fsp3) is 0.400. The van der Waals surface area contributed by atoms with Crippen molar-refractivity contribution < 1.29 is 22.7 Å². The molecule has 0 amide bonds. The number of benzene rings is 1. The van der Waals surface area contributed by atoms with Crippen molar-refractivity contribution in [2.45, 2.75) is 25.2 Å². The van der Waals surface area contributed by atoms with Crippen LogP contribution in [0.4, 0.5) is 17.6 Å². The number of rotatable bonds is 3. The van der Waals surface area contributed by atoms with Crippen LogP contribution in [0.3, 0.4) is 0 Å². The quantitative estimate of drug-likeness (QED) is 0.778. The topological polar surface area (TPSA) is 20.2 Å². The second-order valence-electron chi connectivity index (χ2n) is 3.21. The van der Waals surface area contributed by atoms with Gasteiger partial charge in [-0.3, -0.25) is 0 Å². The number of phenols is 1. The number of aryl methyl sites for hydroxylation is 1. The molecule has 1 N–H and O–H groups in total. The van der Waals surface area contributed by atoms with E-state index in [1.165, 1.54) is 24.3 Å². The summed E-state index contributed by atoms with van der Waals surface area (Å²) >= 11 is 0. The molecule has 0 aliphatic carbocycles. The van der Waals surface area contributed by atoms with Gasteiger partial charge < -0.3 is 5.11 Å². The lowest BCUT2D eigenvalue weighted by Crippen LogP contribution is -2.24. The summed E-state index contributed by atoms with van der Waals surface area (Å²) in [5, 5.41) is 8.91. The van der Waals surface area contributed by atoms with Gasteiger partial charge in [0, 0.05) is 0 Å². The Hall–Kier alpha value is -1.26. The van der Waals surface area contributed by atoms with Crippen LogP contribution in [0, 0.1) is 0 Å². The highest BCUT2D eigenvalue weighted by Gasteiger charge is 2.39. The summed E-state index contributed by atoms with van der Waals surface area (Å²) in [5.74, 6) is 0.0337. The molecule has 0 aliphatic rings. The first-order chi connectivity index (χ1) is 6.89. The van der Waals surface area contributed by atoms with E-state index < -0.39 is 18.8 Å². The molecule has 0 bridgehead atoms. The Morgan fingerprint density at radius 3 is 2.13 bits per heavy atom. The molecule has 0 saturated heterocycles. The summed E-state index contributed by atoms with van der Waals surface area (Å²) < 4.78 is 47.9. The summed E-state index contributed by atoms with van der Waals surface area (Å²) in [6, 6.07) is 5.66. The van der Waals surface area contributed by atoms with Crippen LogP contribution in [0.2, 0.25) is 0 Å². The van der Waals surface area contributed by atoms with Gasteiger partial charge in [0.25, 0.3) is 0 Å². The Bertz CT molecular complexity index is 304. The van der Waals surface area contributed by atoms with E-state index >= 15 is 0 Å². The second-order valence-corrected chi connectivity index (χ2v) is 3.21. The first-order valence-corrected chi connectivity index (χ1v) is 4.38.